The maximum absolute atomic E-state index is 13.0. The molecule has 0 atom stereocenters. The Kier molecular flexibility index (Phi) is 6.80. The Morgan fingerprint density at radius 3 is 2.50 bits per heavy atom. The summed E-state index contributed by atoms with van der Waals surface area (Å²) in [6.07, 6.45) is 3.20. The predicted octanol–water partition coefficient (Wildman–Crippen LogP) is 3.74. The van der Waals surface area contributed by atoms with Crippen molar-refractivity contribution >= 4 is 11.8 Å². The molecule has 0 spiro atoms. The van der Waals surface area contributed by atoms with Crippen LogP contribution in [0.3, 0.4) is 0 Å². The number of carbonyl (C=O) groups is 2. The Labute approximate surface area is 165 Å². The molecule has 2 aromatic rings. The van der Waals surface area contributed by atoms with Crippen LogP contribution < -0.4 is 5.32 Å². The Morgan fingerprint density at radius 2 is 1.82 bits per heavy atom. The lowest BCUT2D eigenvalue weighted by Crippen LogP contribution is -2.39. The van der Waals surface area contributed by atoms with Crippen molar-refractivity contribution < 1.29 is 14.0 Å². The highest BCUT2D eigenvalue weighted by Crippen LogP contribution is 2.21. The molecule has 1 aliphatic rings. The van der Waals surface area contributed by atoms with Crippen molar-refractivity contribution in [2.45, 2.75) is 32.6 Å². The first-order chi connectivity index (χ1) is 13.5. The second-order valence-electron chi connectivity index (χ2n) is 7.55. The molecule has 0 bridgehead atoms. The van der Waals surface area contributed by atoms with Crippen molar-refractivity contribution in [2.24, 2.45) is 5.92 Å². The van der Waals surface area contributed by atoms with Gasteiger partial charge in [-0.2, -0.15) is 0 Å². The summed E-state index contributed by atoms with van der Waals surface area (Å²) in [6, 6.07) is 13.7. The van der Waals surface area contributed by atoms with Crippen LogP contribution in [0.4, 0.5) is 4.39 Å². The Morgan fingerprint density at radius 1 is 1.11 bits per heavy atom. The Hall–Kier alpha value is -2.69. The molecule has 28 heavy (non-hydrogen) atoms. The largest absolute Gasteiger partial charge is 0.356 e. The molecule has 0 unspecified atom stereocenters. The zero-order valence-electron chi connectivity index (χ0n) is 16.3. The number of carbonyl (C=O) groups excluding carboxylic acids is 2. The highest BCUT2D eigenvalue weighted by Gasteiger charge is 2.23. The van der Waals surface area contributed by atoms with Crippen LogP contribution in [0.5, 0.6) is 0 Å². The van der Waals surface area contributed by atoms with Crippen LogP contribution in [0.25, 0.3) is 0 Å². The molecular formula is C23H27FN2O2. The van der Waals surface area contributed by atoms with Gasteiger partial charge in [0.1, 0.15) is 5.82 Å². The van der Waals surface area contributed by atoms with Crippen molar-refractivity contribution in [3.8, 4) is 0 Å². The van der Waals surface area contributed by atoms with E-state index >= 15 is 0 Å². The quantitative estimate of drug-likeness (QED) is 0.828. The minimum Gasteiger partial charge on any atom is -0.356 e. The van der Waals surface area contributed by atoms with E-state index < -0.39 is 0 Å². The van der Waals surface area contributed by atoms with Crippen molar-refractivity contribution in [1.82, 2.24) is 10.2 Å². The number of hydrogen-bond acceptors (Lipinski definition) is 2. The summed E-state index contributed by atoms with van der Waals surface area (Å²) >= 11 is 0. The average molecular weight is 382 g/mol. The first-order valence-electron chi connectivity index (χ1n) is 9.88. The van der Waals surface area contributed by atoms with E-state index in [-0.39, 0.29) is 17.6 Å². The van der Waals surface area contributed by atoms with Gasteiger partial charge < -0.3 is 10.2 Å². The maximum atomic E-state index is 13.0. The third-order valence-corrected chi connectivity index (χ3v) is 5.31. The number of piperidine rings is 1. The van der Waals surface area contributed by atoms with E-state index in [0.717, 1.165) is 30.4 Å². The summed E-state index contributed by atoms with van der Waals surface area (Å²) in [5.74, 6) is 0.190. The fourth-order valence-electron chi connectivity index (χ4n) is 3.69. The maximum Gasteiger partial charge on any atom is 0.253 e. The molecule has 1 heterocycles. The number of aryl methyl sites for hydroxylation is 1. The third-order valence-electron chi connectivity index (χ3n) is 5.31. The SMILES string of the molecule is Cc1cccc(CC(=O)NCCC2CCN(C(=O)c3ccc(F)cc3)CC2)c1. The first kappa shape index (κ1) is 20.1. The number of hydrogen-bond donors (Lipinski definition) is 1. The fourth-order valence-corrected chi connectivity index (χ4v) is 3.69. The van der Waals surface area contributed by atoms with Crippen LogP contribution in [-0.2, 0) is 11.2 Å². The lowest BCUT2D eigenvalue weighted by atomic mass is 9.93. The molecular weight excluding hydrogens is 355 g/mol. The molecule has 3 rings (SSSR count). The van der Waals surface area contributed by atoms with Gasteiger partial charge in [0, 0.05) is 25.2 Å². The zero-order valence-corrected chi connectivity index (χ0v) is 16.3. The number of nitrogens with one attached hydrogen (secondary N) is 1. The fraction of sp³-hybridized carbons (Fsp3) is 0.391. The molecule has 2 aromatic carbocycles. The second-order valence-corrected chi connectivity index (χ2v) is 7.55. The van der Waals surface area contributed by atoms with Crippen LogP contribution in [-0.4, -0.2) is 36.3 Å². The Balaban J connectivity index is 1.37. The van der Waals surface area contributed by atoms with Crippen molar-refractivity contribution in [3.05, 3.63) is 71.0 Å². The molecule has 1 saturated heterocycles. The van der Waals surface area contributed by atoms with Gasteiger partial charge in [0.2, 0.25) is 5.91 Å². The van der Waals surface area contributed by atoms with Crippen LogP contribution in [0, 0.1) is 18.7 Å². The highest BCUT2D eigenvalue weighted by atomic mass is 19.1. The van der Waals surface area contributed by atoms with E-state index in [1.807, 2.05) is 36.1 Å². The average Bonchev–Trinajstić information content (AvgIpc) is 2.68. The number of halogens is 1. The smallest absolute Gasteiger partial charge is 0.253 e. The van der Waals surface area contributed by atoms with Gasteiger partial charge in [-0.15, -0.1) is 0 Å². The van der Waals surface area contributed by atoms with Gasteiger partial charge in [-0.1, -0.05) is 29.8 Å². The lowest BCUT2D eigenvalue weighted by Gasteiger charge is -2.32. The lowest BCUT2D eigenvalue weighted by molar-refractivity contribution is -0.120. The molecule has 1 fully saturated rings. The van der Waals surface area contributed by atoms with Gasteiger partial charge in [-0.3, -0.25) is 9.59 Å². The van der Waals surface area contributed by atoms with Gasteiger partial charge in [0.05, 0.1) is 6.42 Å². The van der Waals surface area contributed by atoms with Crippen LogP contribution in [0.2, 0.25) is 0 Å². The topological polar surface area (TPSA) is 49.4 Å². The van der Waals surface area contributed by atoms with Crippen LogP contribution in [0.1, 0.15) is 40.7 Å². The van der Waals surface area contributed by atoms with E-state index in [4.69, 9.17) is 0 Å². The van der Waals surface area contributed by atoms with Crippen molar-refractivity contribution in [1.29, 1.82) is 0 Å². The van der Waals surface area contributed by atoms with E-state index in [0.29, 0.717) is 37.5 Å². The van der Waals surface area contributed by atoms with E-state index in [1.54, 1.807) is 0 Å². The highest BCUT2D eigenvalue weighted by molar-refractivity contribution is 5.94. The molecule has 0 aliphatic carbocycles. The molecule has 2 amide bonds. The predicted molar refractivity (Wildman–Crippen MR) is 108 cm³/mol. The summed E-state index contributed by atoms with van der Waals surface area (Å²) in [7, 11) is 0. The molecule has 1 N–H and O–H groups in total. The van der Waals surface area contributed by atoms with Crippen molar-refractivity contribution in [2.75, 3.05) is 19.6 Å². The van der Waals surface area contributed by atoms with Gasteiger partial charge in [-0.25, -0.2) is 4.39 Å². The number of nitrogens with zero attached hydrogens (tertiary/aromatic N) is 1. The zero-order chi connectivity index (χ0) is 19.9. The summed E-state index contributed by atoms with van der Waals surface area (Å²) < 4.78 is 13.0. The molecule has 1 aliphatic heterocycles. The number of amides is 2. The third kappa shape index (κ3) is 5.65. The summed E-state index contributed by atoms with van der Waals surface area (Å²) in [5.41, 5.74) is 2.72. The summed E-state index contributed by atoms with van der Waals surface area (Å²) in [5, 5.41) is 3.01. The molecule has 148 valence electrons. The normalized spacial score (nSPS) is 14.7. The summed E-state index contributed by atoms with van der Waals surface area (Å²) in [4.78, 5) is 26.4. The molecule has 0 aromatic heterocycles. The summed E-state index contributed by atoms with van der Waals surface area (Å²) in [6.45, 7) is 4.10. The number of benzene rings is 2. The first-order valence-corrected chi connectivity index (χ1v) is 9.88. The van der Waals surface area contributed by atoms with Gasteiger partial charge in [-0.05, 0) is 61.9 Å². The molecule has 0 radical (unpaired) electrons. The van der Waals surface area contributed by atoms with Crippen LogP contribution in [0.15, 0.2) is 48.5 Å². The molecule has 4 nitrogen and oxygen atoms in total. The number of likely N-dealkylation sites (tertiary alicyclic amines) is 1. The molecule has 0 saturated carbocycles. The Bertz CT molecular complexity index is 812. The van der Waals surface area contributed by atoms with Gasteiger partial charge >= 0.3 is 0 Å². The van der Waals surface area contributed by atoms with E-state index in [9.17, 15) is 14.0 Å². The second kappa shape index (κ2) is 9.49. The standard InChI is InChI=1S/C23H27FN2O2/c1-17-3-2-4-19(15-17)16-22(27)25-12-9-18-10-13-26(14-11-18)23(28)20-5-7-21(24)8-6-20/h2-8,15,18H,9-14,16H2,1H3,(H,25,27). The molecule has 5 heteroatoms. The monoisotopic (exact) mass is 382 g/mol. The minimum absolute atomic E-state index is 0.0371. The van der Waals surface area contributed by atoms with Crippen molar-refractivity contribution in [3.63, 3.8) is 0 Å². The van der Waals surface area contributed by atoms with E-state index in [2.05, 4.69) is 5.32 Å². The minimum atomic E-state index is -0.334. The van der Waals surface area contributed by atoms with Crippen LogP contribution >= 0.6 is 0 Å². The van der Waals surface area contributed by atoms with Gasteiger partial charge in [0.15, 0.2) is 0 Å². The number of rotatable bonds is 6. The van der Waals surface area contributed by atoms with E-state index in [1.165, 1.54) is 24.3 Å². The van der Waals surface area contributed by atoms with Gasteiger partial charge in [0.25, 0.3) is 5.91 Å².